The molecule has 8 heteroatoms. The van der Waals surface area contributed by atoms with Crippen LogP contribution in [0, 0.1) is 0 Å². The van der Waals surface area contributed by atoms with Crippen LogP contribution >= 0.6 is 30.3 Å². The maximum Gasteiger partial charge on any atom is 0.579 e. The van der Waals surface area contributed by atoms with E-state index in [0.717, 1.165) is 67.0 Å². The molecule has 0 amide bonds. The Balaban J connectivity index is 1.43. The molecule has 0 bridgehead atoms. The first-order valence-electron chi connectivity index (χ1n) is 23.4. The lowest BCUT2D eigenvalue weighted by Gasteiger charge is -2.34. The Morgan fingerprint density at radius 2 is 0.426 bits per heavy atom. The quantitative estimate of drug-likeness (QED) is 0.0804. The zero-order chi connectivity index (χ0) is 46.9. The van der Waals surface area contributed by atoms with Gasteiger partial charge < -0.3 is 0 Å². The van der Waals surface area contributed by atoms with Crippen molar-refractivity contribution in [2.24, 2.45) is 0 Å². The van der Waals surface area contributed by atoms with E-state index in [9.17, 15) is 0 Å². The van der Waals surface area contributed by atoms with E-state index < -0.39 is 30.3 Å². The summed E-state index contributed by atoms with van der Waals surface area (Å²) in [6, 6.07) is 87.5. The summed E-state index contributed by atoms with van der Waals surface area (Å²) in [5.74, 6) is 0. The maximum absolute atomic E-state index is 18.2. The Morgan fingerprint density at radius 1 is 0.265 bits per heavy atom. The molecule has 9 aromatic rings. The van der Waals surface area contributed by atoms with Gasteiger partial charge in [0.2, 0.25) is 0 Å². The molecule has 0 atom stereocenters. The van der Waals surface area contributed by atoms with Crippen molar-refractivity contribution in [2.45, 2.75) is 40.0 Å². The molecule has 68 heavy (non-hydrogen) atoms. The lowest BCUT2D eigenvalue weighted by Crippen LogP contribution is -2.37. The predicted octanol–water partition coefficient (Wildman–Crippen LogP) is 12.6. The van der Waals surface area contributed by atoms with E-state index in [1.165, 1.54) is 16.7 Å². The molecule has 0 aliphatic carbocycles. The molecule has 0 unspecified atom stereocenters. The molecule has 0 N–H and O–H groups in total. The molecular formula is C60H57O4P4+3. The summed E-state index contributed by atoms with van der Waals surface area (Å²) >= 11 is 0. The van der Waals surface area contributed by atoms with Crippen LogP contribution in [0.5, 0.6) is 0 Å². The van der Waals surface area contributed by atoms with Gasteiger partial charge in [-0.25, -0.2) is 4.57 Å². The van der Waals surface area contributed by atoms with Crippen molar-refractivity contribution in [1.82, 2.24) is 0 Å². The van der Waals surface area contributed by atoms with Gasteiger partial charge in [0.15, 0.2) is 0 Å². The summed E-state index contributed by atoms with van der Waals surface area (Å²) in [5.41, 5.74) is 3.56. The molecule has 0 heterocycles. The highest BCUT2D eigenvalue weighted by molar-refractivity contribution is 8.01. The summed E-state index contributed by atoms with van der Waals surface area (Å²) in [5, 5.41) is 7.98. The monoisotopic (exact) mass is 965 g/mol. The van der Waals surface area contributed by atoms with Gasteiger partial charge >= 0.3 is 7.82 Å². The standard InChI is InChI=1S/C60H57O4P4/c1-4-49-37-43-58(44-38-49)65(52-25-13-7-14-26-52,53-27-15-8-16-28-53)62-68(61,63-66(54-29-17-9-18-30-54,55-31-19-10-20-32-55)59-45-39-50(5-2)40-46-59)64-67(56-33-21-11-22-34-56,57-35-23-12-24-36-57)60-47-41-51(6-3)42-48-60/h7-48H,4-6H2,1-3H3/q+3. The van der Waals surface area contributed by atoms with Crippen molar-refractivity contribution in [3.8, 4) is 0 Å². The van der Waals surface area contributed by atoms with Gasteiger partial charge in [0.1, 0.15) is 47.7 Å². The third-order valence-corrected chi connectivity index (χ3v) is 27.1. The Bertz CT molecular complexity index is 2580. The zero-order valence-electron chi connectivity index (χ0n) is 38.8. The fourth-order valence-corrected chi connectivity index (χ4v) is 25.0. The van der Waals surface area contributed by atoms with Crippen LogP contribution < -0.4 is 47.7 Å². The van der Waals surface area contributed by atoms with Crippen molar-refractivity contribution >= 4 is 78.0 Å². The van der Waals surface area contributed by atoms with E-state index in [-0.39, 0.29) is 0 Å². The van der Waals surface area contributed by atoms with E-state index >= 15 is 4.57 Å². The van der Waals surface area contributed by atoms with Crippen molar-refractivity contribution in [1.29, 1.82) is 0 Å². The minimum absolute atomic E-state index is 0.865. The number of hydrogen-bond donors (Lipinski definition) is 0. The fourth-order valence-electron chi connectivity index (χ4n) is 8.91. The molecule has 0 saturated carbocycles. The number of benzene rings is 9. The molecule has 4 nitrogen and oxygen atoms in total. The highest BCUT2D eigenvalue weighted by Crippen LogP contribution is 2.82. The second-order valence-corrected chi connectivity index (χ2v) is 27.8. The van der Waals surface area contributed by atoms with Crippen molar-refractivity contribution in [3.63, 3.8) is 0 Å². The van der Waals surface area contributed by atoms with Gasteiger partial charge in [0.05, 0.1) is 0 Å². The zero-order valence-corrected chi connectivity index (χ0v) is 42.4. The first-order valence-corrected chi connectivity index (χ1v) is 30.0. The van der Waals surface area contributed by atoms with Crippen LogP contribution in [0.1, 0.15) is 37.5 Å². The molecule has 0 radical (unpaired) electrons. The Hall–Kier alpha value is -5.62. The molecule has 9 rings (SSSR count). The normalized spacial score (nSPS) is 12.2. The predicted molar refractivity (Wildman–Crippen MR) is 294 cm³/mol. The summed E-state index contributed by atoms with van der Waals surface area (Å²) in [6.07, 6.45) is 2.59. The summed E-state index contributed by atoms with van der Waals surface area (Å²) in [6.45, 7) is 6.47. The van der Waals surface area contributed by atoms with Crippen LogP contribution in [0.2, 0.25) is 0 Å². The molecule has 0 saturated heterocycles. The molecular weight excluding hydrogens is 909 g/mol. The van der Waals surface area contributed by atoms with Crippen LogP contribution in [0.25, 0.3) is 0 Å². The van der Waals surface area contributed by atoms with Gasteiger partial charge in [-0.15, -0.1) is 12.9 Å². The fraction of sp³-hybridized carbons (Fsp3) is 0.100. The average Bonchev–Trinajstić information content (AvgIpc) is 3.43. The van der Waals surface area contributed by atoms with E-state index in [1.807, 2.05) is 109 Å². The van der Waals surface area contributed by atoms with E-state index in [1.54, 1.807) is 0 Å². The van der Waals surface area contributed by atoms with Gasteiger partial charge in [-0.1, -0.05) is 166 Å². The minimum atomic E-state index is -4.98. The lowest BCUT2D eigenvalue weighted by molar-refractivity contribution is 0.333. The van der Waals surface area contributed by atoms with E-state index in [4.69, 9.17) is 12.9 Å². The number of phosphoric acid groups is 1. The van der Waals surface area contributed by atoms with Crippen molar-refractivity contribution in [2.75, 3.05) is 0 Å². The first-order chi connectivity index (χ1) is 33.4. The molecule has 0 aliphatic heterocycles. The highest BCUT2D eigenvalue weighted by Gasteiger charge is 2.67. The first kappa shape index (κ1) is 47.4. The third kappa shape index (κ3) is 9.41. The minimum Gasteiger partial charge on any atom is -0.218 e. The highest BCUT2D eigenvalue weighted by atomic mass is 31.3. The van der Waals surface area contributed by atoms with E-state index in [0.29, 0.717) is 0 Å². The molecule has 9 aromatic carbocycles. The van der Waals surface area contributed by atoms with Gasteiger partial charge in [-0.3, -0.25) is 0 Å². The maximum atomic E-state index is 18.2. The number of aryl methyl sites for hydroxylation is 3. The van der Waals surface area contributed by atoms with Crippen LogP contribution in [-0.4, -0.2) is 0 Å². The average molecular weight is 966 g/mol. The topological polar surface area (TPSA) is 44.8 Å². The second-order valence-electron chi connectivity index (χ2n) is 16.6. The number of rotatable bonds is 18. The molecule has 338 valence electrons. The lowest BCUT2D eigenvalue weighted by atomic mass is 10.2. The van der Waals surface area contributed by atoms with Crippen LogP contribution in [0.3, 0.4) is 0 Å². The van der Waals surface area contributed by atoms with Gasteiger partial charge in [-0.2, -0.15) is 0 Å². The summed E-state index contributed by atoms with van der Waals surface area (Å²) < 4.78 is 42.4. The Labute approximate surface area is 404 Å². The van der Waals surface area contributed by atoms with Gasteiger partial charge in [0, 0.05) is 0 Å². The third-order valence-electron chi connectivity index (χ3n) is 12.5. The van der Waals surface area contributed by atoms with Gasteiger partial charge in [-0.05, 0) is 145 Å². The smallest absolute Gasteiger partial charge is 0.218 e. The Kier molecular flexibility index (Phi) is 14.9. The summed E-state index contributed by atoms with van der Waals surface area (Å²) in [7, 11) is -15.3. The second kappa shape index (κ2) is 21.3. The Morgan fingerprint density at radius 3 is 0.588 bits per heavy atom. The molecule has 0 aromatic heterocycles. The van der Waals surface area contributed by atoms with Gasteiger partial charge in [0.25, 0.3) is 22.5 Å². The number of hydrogen-bond acceptors (Lipinski definition) is 4. The van der Waals surface area contributed by atoms with Crippen LogP contribution in [-0.2, 0) is 36.8 Å². The van der Waals surface area contributed by atoms with E-state index in [2.05, 4.69) is 166 Å². The molecule has 0 spiro atoms. The summed E-state index contributed by atoms with van der Waals surface area (Å²) in [4.78, 5) is 0. The van der Waals surface area contributed by atoms with Crippen LogP contribution in [0.15, 0.2) is 255 Å². The van der Waals surface area contributed by atoms with Crippen LogP contribution in [0.4, 0.5) is 0 Å². The van der Waals surface area contributed by atoms with Crippen molar-refractivity contribution in [3.05, 3.63) is 271 Å². The SMILES string of the molecule is CCc1ccc([P+](OP(=O)(O[P+](c2ccccc2)(c2ccccc2)c2ccc(CC)cc2)O[P+](c2ccccc2)(c2ccccc2)c2ccc(CC)cc2)(c2ccccc2)c2ccccc2)cc1. The molecule has 0 aliphatic rings. The molecule has 0 fully saturated rings. The van der Waals surface area contributed by atoms with Crippen molar-refractivity contribution < 1.29 is 17.5 Å². The largest absolute Gasteiger partial charge is 0.579 e.